The number of hydrogen-bond donors (Lipinski definition) is 2. The van der Waals surface area contributed by atoms with E-state index >= 15 is 0 Å². The molecule has 0 spiro atoms. The highest BCUT2D eigenvalue weighted by molar-refractivity contribution is 5.15. The number of aromatic nitrogens is 2. The molecule has 0 radical (unpaired) electrons. The molecule has 1 aromatic rings. The van der Waals surface area contributed by atoms with Crippen molar-refractivity contribution in [3.8, 4) is 0 Å². The Hall–Kier alpha value is -0.870. The van der Waals surface area contributed by atoms with Gasteiger partial charge in [0.05, 0.1) is 11.8 Å². The third-order valence-corrected chi connectivity index (χ3v) is 5.25. The molecule has 0 unspecified atom stereocenters. The van der Waals surface area contributed by atoms with Crippen LogP contribution in [-0.4, -0.2) is 27.0 Å². The molecule has 0 bridgehead atoms. The predicted molar refractivity (Wildman–Crippen MR) is 86.0 cm³/mol. The van der Waals surface area contributed by atoms with E-state index in [4.69, 9.17) is 0 Å². The van der Waals surface area contributed by atoms with Crippen LogP contribution in [0.4, 0.5) is 0 Å². The molecule has 120 valence electrons. The van der Waals surface area contributed by atoms with Crippen molar-refractivity contribution in [1.29, 1.82) is 0 Å². The number of nitrogens with zero attached hydrogens (tertiary/aromatic N) is 2. The van der Waals surface area contributed by atoms with E-state index in [1.165, 1.54) is 11.3 Å². The second-order valence-corrected chi connectivity index (χ2v) is 7.85. The van der Waals surface area contributed by atoms with Gasteiger partial charge in [0.15, 0.2) is 0 Å². The predicted octanol–water partition coefficient (Wildman–Crippen LogP) is 2.79. The van der Waals surface area contributed by atoms with Crippen molar-refractivity contribution in [2.75, 3.05) is 6.54 Å². The zero-order valence-corrected chi connectivity index (χ0v) is 14.2. The molecule has 2 N–H and O–H groups in total. The maximum absolute atomic E-state index is 10.7. The van der Waals surface area contributed by atoms with Crippen molar-refractivity contribution in [2.45, 2.75) is 65.5 Å². The van der Waals surface area contributed by atoms with E-state index in [2.05, 4.69) is 38.1 Å². The van der Waals surface area contributed by atoms with Crippen LogP contribution in [0.1, 0.15) is 57.7 Å². The molecule has 0 aliphatic heterocycles. The average Bonchev–Trinajstić information content (AvgIpc) is 2.70. The number of hydrogen-bond acceptors (Lipinski definition) is 3. The lowest BCUT2D eigenvalue weighted by atomic mass is 9.68. The Morgan fingerprint density at radius 2 is 2.00 bits per heavy atom. The van der Waals surface area contributed by atoms with Crippen molar-refractivity contribution in [1.82, 2.24) is 15.1 Å². The normalized spacial score (nSPS) is 27.0. The van der Waals surface area contributed by atoms with Crippen LogP contribution in [0.5, 0.6) is 0 Å². The molecule has 1 aromatic heterocycles. The van der Waals surface area contributed by atoms with E-state index in [1.807, 2.05) is 17.9 Å². The van der Waals surface area contributed by atoms with E-state index in [0.29, 0.717) is 12.0 Å². The zero-order valence-electron chi connectivity index (χ0n) is 14.2. The van der Waals surface area contributed by atoms with Gasteiger partial charge in [-0.2, -0.15) is 5.10 Å². The Morgan fingerprint density at radius 3 is 2.48 bits per heavy atom. The molecule has 0 atom stereocenters. The van der Waals surface area contributed by atoms with Crippen LogP contribution in [0.25, 0.3) is 0 Å². The fourth-order valence-electron chi connectivity index (χ4n) is 3.35. The third-order valence-electron chi connectivity index (χ3n) is 5.25. The second-order valence-electron chi connectivity index (χ2n) is 7.85. The van der Waals surface area contributed by atoms with Gasteiger partial charge in [-0.3, -0.25) is 4.68 Å². The van der Waals surface area contributed by atoms with E-state index in [1.54, 1.807) is 0 Å². The first-order valence-electron chi connectivity index (χ1n) is 8.12. The van der Waals surface area contributed by atoms with Crippen molar-refractivity contribution >= 4 is 0 Å². The summed E-state index contributed by atoms with van der Waals surface area (Å²) >= 11 is 0. The molecule has 21 heavy (non-hydrogen) atoms. The maximum atomic E-state index is 10.7. The van der Waals surface area contributed by atoms with Gasteiger partial charge in [-0.1, -0.05) is 20.8 Å². The van der Waals surface area contributed by atoms with Crippen LogP contribution >= 0.6 is 0 Å². The molecule has 0 aromatic carbocycles. The Labute approximate surface area is 128 Å². The number of nitrogens with one attached hydrogen (secondary N) is 1. The smallest absolute Gasteiger partial charge is 0.0771 e. The summed E-state index contributed by atoms with van der Waals surface area (Å²) in [5.41, 5.74) is 2.23. The molecule has 1 saturated carbocycles. The molecule has 2 rings (SSSR count). The minimum absolute atomic E-state index is 0.363. The lowest BCUT2D eigenvalue weighted by molar-refractivity contribution is -0.0239. The Bertz CT molecular complexity index is 465. The minimum Gasteiger partial charge on any atom is -0.389 e. The first-order chi connectivity index (χ1) is 9.71. The van der Waals surface area contributed by atoms with Crippen LogP contribution < -0.4 is 5.32 Å². The van der Waals surface area contributed by atoms with Gasteiger partial charge < -0.3 is 10.4 Å². The highest BCUT2D eigenvalue weighted by Crippen LogP contribution is 2.41. The summed E-state index contributed by atoms with van der Waals surface area (Å²) in [7, 11) is 1.96. The van der Waals surface area contributed by atoms with Crippen LogP contribution in [0, 0.1) is 18.3 Å². The second kappa shape index (κ2) is 6.09. The van der Waals surface area contributed by atoms with Crippen molar-refractivity contribution in [3.63, 3.8) is 0 Å². The summed E-state index contributed by atoms with van der Waals surface area (Å²) in [6.45, 7) is 10.5. The van der Waals surface area contributed by atoms with Gasteiger partial charge in [0.1, 0.15) is 0 Å². The summed E-state index contributed by atoms with van der Waals surface area (Å²) < 4.78 is 1.89. The van der Waals surface area contributed by atoms with Gasteiger partial charge >= 0.3 is 0 Å². The first kappa shape index (κ1) is 16.5. The van der Waals surface area contributed by atoms with Crippen LogP contribution in [-0.2, 0) is 13.6 Å². The fraction of sp³-hybridized carbons (Fsp3) is 0.824. The highest BCUT2D eigenvalue weighted by Gasteiger charge is 2.36. The number of aryl methyl sites for hydroxylation is 1. The Balaban J connectivity index is 1.80. The van der Waals surface area contributed by atoms with Gasteiger partial charge in [-0.05, 0) is 43.9 Å². The molecule has 0 saturated heterocycles. The SMILES string of the molecule is Cc1c(CNCC2(O)CCC(C(C)(C)C)CC2)cnn1C. The van der Waals surface area contributed by atoms with E-state index in [-0.39, 0.29) is 0 Å². The third kappa shape index (κ3) is 4.07. The standard InChI is InChI=1S/C17H31N3O/c1-13-14(11-19-20(13)5)10-18-12-17(21)8-6-15(7-9-17)16(2,3)4/h11,15,18,21H,6-10,12H2,1-5H3. The quantitative estimate of drug-likeness (QED) is 0.897. The van der Waals surface area contributed by atoms with Crippen molar-refractivity contribution < 1.29 is 5.11 Å². The molecule has 4 heteroatoms. The number of rotatable bonds is 4. The first-order valence-corrected chi connectivity index (χ1v) is 8.12. The minimum atomic E-state index is -0.530. The van der Waals surface area contributed by atoms with Gasteiger partial charge in [-0.15, -0.1) is 0 Å². The zero-order chi connectivity index (χ0) is 15.7. The monoisotopic (exact) mass is 293 g/mol. The van der Waals surface area contributed by atoms with E-state index in [9.17, 15) is 5.11 Å². The molecule has 1 fully saturated rings. The average molecular weight is 293 g/mol. The summed E-state index contributed by atoms with van der Waals surface area (Å²) in [5, 5.41) is 18.4. The van der Waals surface area contributed by atoms with Crippen LogP contribution in [0.3, 0.4) is 0 Å². The molecule has 4 nitrogen and oxygen atoms in total. The highest BCUT2D eigenvalue weighted by atomic mass is 16.3. The molecule has 1 heterocycles. The Morgan fingerprint density at radius 1 is 1.38 bits per heavy atom. The van der Waals surface area contributed by atoms with E-state index < -0.39 is 5.60 Å². The van der Waals surface area contributed by atoms with Crippen molar-refractivity contribution in [3.05, 3.63) is 17.5 Å². The summed E-state index contributed by atoms with van der Waals surface area (Å²) in [6, 6.07) is 0. The molecule has 1 aliphatic rings. The fourth-order valence-corrected chi connectivity index (χ4v) is 3.35. The number of aliphatic hydroxyl groups is 1. The summed E-state index contributed by atoms with van der Waals surface area (Å²) in [5.74, 6) is 0.735. The summed E-state index contributed by atoms with van der Waals surface area (Å²) in [6.07, 6.45) is 5.99. The van der Waals surface area contributed by atoms with Gasteiger partial charge in [-0.25, -0.2) is 0 Å². The van der Waals surface area contributed by atoms with Gasteiger partial charge in [0.25, 0.3) is 0 Å². The molecule has 0 amide bonds. The lowest BCUT2D eigenvalue weighted by Gasteiger charge is -2.41. The van der Waals surface area contributed by atoms with Crippen LogP contribution in [0.2, 0.25) is 0 Å². The molecule has 1 aliphatic carbocycles. The van der Waals surface area contributed by atoms with Crippen molar-refractivity contribution in [2.24, 2.45) is 18.4 Å². The van der Waals surface area contributed by atoms with E-state index in [0.717, 1.165) is 38.1 Å². The molecular weight excluding hydrogens is 262 g/mol. The maximum Gasteiger partial charge on any atom is 0.0771 e. The lowest BCUT2D eigenvalue weighted by Crippen LogP contribution is -2.44. The Kier molecular flexibility index (Phi) is 4.79. The van der Waals surface area contributed by atoms with Crippen LogP contribution in [0.15, 0.2) is 6.20 Å². The summed E-state index contributed by atoms with van der Waals surface area (Å²) in [4.78, 5) is 0. The largest absolute Gasteiger partial charge is 0.389 e. The topological polar surface area (TPSA) is 50.1 Å². The molecular formula is C17H31N3O. The van der Waals surface area contributed by atoms with Gasteiger partial charge in [0.2, 0.25) is 0 Å². The van der Waals surface area contributed by atoms with Gasteiger partial charge in [0, 0.05) is 31.4 Å².